The molecule has 1 aromatic carbocycles. The van der Waals surface area contributed by atoms with Crippen LogP contribution < -0.4 is 5.32 Å². The SMILES string of the molecule is CC(NCc1sccc1Br)c1ccccc1C(F)(F)F. The third kappa shape index (κ3) is 3.62. The van der Waals surface area contributed by atoms with Crippen molar-refractivity contribution in [2.24, 2.45) is 0 Å². The van der Waals surface area contributed by atoms with Crippen LogP contribution in [0.2, 0.25) is 0 Å². The fourth-order valence-electron chi connectivity index (χ4n) is 1.94. The summed E-state index contributed by atoms with van der Waals surface area (Å²) in [6.45, 7) is 2.28. The molecule has 1 heterocycles. The van der Waals surface area contributed by atoms with Gasteiger partial charge in [-0.3, -0.25) is 0 Å². The van der Waals surface area contributed by atoms with E-state index in [1.807, 2.05) is 11.4 Å². The molecule has 0 radical (unpaired) electrons. The highest BCUT2D eigenvalue weighted by Gasteiger charge is 2.34. The van der Waals surface area contributed by atoms with Crippen molar-refractivity contribution in [3.63, 3.8) is 0 Å². The topological polar surface area (TPSA) is 12.0 Å². The van der Waals surface area contributed by atoms with Crippen LogP contribution in [0.15, 0.2) is 40.2 Å². The van der Waals surface area contributed by atoms with Crippen molar-refractivity contribution >= 4 is 27.3 Å². The van der Waals surface area contributed by atoms with Gasteiger partial charge in [-0.1, -0.05) is 18.2 Å². The monoisotopic (exact) mass is 363 g/mol. The van der Waals surface area contributed by atoms with Gasteiger partial charge in [-0.25, -0.2) is 0 Å². The Morgan fingerprint density at radius 2 is 1.95 bits per heavy atom. The van der Waals surface area contributed by atoms with Crippen molar-refractivity contribution in [3.05, 3.63) is 56.2 Å². The Hall–Kier alpha value is -0.850. The molecule has 0 aliphatic carbocycles. The predicted octanol–water partition coefficient (Wildman–Crippen LogP) is 5.38. The summed E-state index contributed by atoms with van der Waals surface area (Å²) in [4.78, 5) is 1.07. The van der Waals surface area contributed by atoms with E-state index >= 15 is 0 Å². The highest BCUT2D eigenvalue weighted by Crippen LogP contribution is 2.34. The largest absolute Gasteiger partial charge is 0.416 e. The second-order valence-electron chi connectivity index (χ2n) is 4.38. The summed E-state index contributed by atoms with van der Waals surface area (Å²) in [5.74, 6) is 0. The number of alkyl halides is 3. The van der Waals surface area contributed by atoms with Gasteiger partial charge in [0.15, 0.2) is 0 Å². The smallest absolute Gasteiger partial charge is 0.305 e. The van der Waals surface area contributed by atoms with E-state index in [1.165, 1.54) is 12.1 Å². The van der Waals surface area contributed by atoms with Crippen molar-refractivity contribution in [2.75, 3.05) is 0 Å². The number of hydrogen-bond donors (Lipinski definition) is 1. The van der Waals surface area contributed by atoms with Crippen molar-refractivity contribution < 1.29 is 13.2 Å². The molecule has 0 amide bonds. The third-order valence-corrected chi connectivity index (χ3v) is 4.92. The summed E-state index contributed by atoms with van der Waals surface area (Å²) < 4.78 is 39.8. The fourth-order valence-corrected chi connectivity index (χ4v) is 3.38. The average Bonchev–Trinajstić information content (AvgIpc) is 2.80. The lowest BCUT2D eigenvalue weighted by atomic mass is 10.0. The Balaban J connectivity index is 2.14. The lowest BCUT2D eigenvalue weighted by Crippen LogP contribution is -2.21. The highest BCUT2D eigenvalue weighted by atomic mass is 79.9. The van der Waals surface area contributed by atoms with Gasteiger partial charge in [-0.2, -0.15) is 13.2 Å². The summed E-state index contributed by atoms with van der Waals surface area (Å²) in [5.41, 5.74) is -0.307. The van der Waals surface area contributed by atoms with E-state index in [1.54, 1.807) is 24.3 Å². The van der Waals surface area contributed by atoms with Crippen molar-refractivity contribution in [1.29, 1.82) is 0 Å². The molecule has 0 aliphatic rings. The molecule has 1 atom stereocenters. The summed E-state index contributed by atoms with van der Waals surface area (Å²) in [6, 6.07) is 7.23. The number of thiophene rings is 1. The summed E-state index contributed by atoms with van der Waals surface area (Å²) >= 11 is 4.97. The molecular weight excluding hydrogens is 351 g/mol. The van der Waals surface area contributed by atoms with E-state index in [9.17, 15) is 13.2 Å². The van der Waals surface area contributed by atoms with Crippen LogP contribution in [0.25, 0.3) is 0 Å². The fraction of sp³-hybridized carbons (Fsp3) is 0.286. The van der Waals surface area contributed by atoms with Gasteiger partial charge in [-0.05, 0) is 45.9 Å². The number of benzene rings is 1. The molecule has 2 rings (SSSR count). The van der Waals surface area contributed by atoms with Gasteiger partial charge >= 0.3 is 6.18 Å². The maximum atomic E-state index is 13.0. The van der Waals surface area contributed by atoms with E-state index in [2.05, 4.69) is 21.2 Å². The van der Waals surface area contributed by atoms with E-state index in [4.69, 9.17) is 0 Å². The molecule has 1 N–H and O–H groups in total. The highest BCUT2D eigenvalue weighted by molar-refractivity contribution is 9.10. The van der Waals surface area contributed by atoms with E-state index < -0.39 is 11.7 Å². The quantitative estimate of drug-likeness (QED) is 0.768. The number of halogens is 4. The molecular formula is C14H13BrF3NS. The Bertz CT molecular complexity index is 580. The first-order valence-corrected chi connectivity index (χ1v) is 7.68. The number of nitrogens with one attached hydrogen (secondary N) is 1. The van der Waals surface area contributed by atoms with E-state index in [0.717, 1.165) is 15.4 Å². The van der Waals surface area contributed by atoms with Crippen LogP contribution in [0.1, 0.15) is 29.0 Å². The summed E-state index contributed by atoms with van der Waals surface area (Å²) in [7, 11) is 0. The molecule has 6 heteroatoms. The lowest BCUT2D eigenvalue weighted by Gasteiger charge is -2.19. The van der Waals surface area contributed by atoms with Gasteiger partial charge in [0.25, 0.3) is 0 Å². The van der Waals surface area contributed by atoms with Crippen LogP contribution in [-0.4, -0.2) is 0 Å². The van der Waals surface area contributed by atoms with Gasteiger partial charge in [0, 0.05) is 21.9 Å². The van der Waals surface area contributed by atoms with E-state index in [-0.39, 0.29) is 11.6 Å². The Kier molecular flexibility index (Phi) is 4.88. The number of hydrogen-bond acceptors (Lipinski definition) is 2. The van der Waals surface area contributed by atoms with Crippen LogP contribution in [-0.2, 0) is 12.7 Å². The zero-order valence-electron chi connectivity index (χ0n) is 10.7. The molecule has 0 saturated heterocycles. The van der Waals surface area contributed by atoms with Crippen molar-refractivity contribution in [1.82, 2.24) is 5.32 Å². The van der Waals surface area contributed by atoms with Crippen LogP contribution in [0.4, 0.5) is 13.2 Å². The van der Waals surface area contributed by atoms with Gasteiger partial charge in [0.05, 0.1) is 5.56 Å². The molecule has 20 heavy (non-hydrogen) atoms. The maximum absolute atomic E-state index is 13.0. The zero-order valence-corrected chi connectivity index (χ0v) is 13.1. The summed E-state index contributed by atoms with van der Waals surface area (Å²) in [5, 5.41) is 5.07. The summed E-state index contributed by atoms with van der Waals surface area (Å²) in [6.07, 6.45) is -4.32. The molecule has 0 saturated carbocycles. The van der Waals surface area contributed by atoms with Crippen LogP contribution in [0.3, 0.4) is 0 Å². The normalized spacial score (nSPS) is 13.4. The molecule has 1 aromatic heterocycles. The molecule has 2 aromatic rings. The molecule has 0 spiro atoms. The van der Waals surface area contributed by atoms with Gasteiger partial charge in [-0.15, -0.1) is 11.3 Å². The lowest BCUT2D eigenvalue weighted by molar-refractivity contribution is -0.138. The molecule has 1 unspecified atom stereocenters. The standard InChI is InChI=1S/C14H13BrF3NS/c1-9(19-8-13-12(15)6-7-20-13)10-4-2-3-5-11(10)14(16,17)18/h2-7,9,19H,8H2,1H3. The minimum atomic E-state index is -4.32. The van der Waals surface area contributed by atoms with Crippen molar-refractivity contribution in [3.8, 4) is 0 Å². The minimum absolute atomic E-state index is 0.271. The Morgan fingerprint density at radius 1 is 1.25 bits per heavy atom. The first-order chi connectivity index (χ1) is 9.39. The first-order valence-electron chi connectivity index (χ1n) is 6.01. The van der Waals surface area contributed by atoms with Gasteiger partial charge in [0.1, 0.15) is 0 Å². The first kappa shape index (κ1) is 15.5. The second-order valence-corrected chi connectivity index (χ2v) is 6.23. The second kappa shape index (κ2) is 6.28. The van der Waals surface area contributed by atoms with Crippen molar-refractivity contribution in [2.45, 2.75) is 25.7 Å². The Morgan fingerprint density at radius 3 is 2.55 bits per heavy atom. The molecule has 0 bridgehead atoms. The zero-order chi connectivity index (χ0) is 14.8. The van der Waals surface area contributed by atoms with Crippen LogP contribution in [0, 0.1) is 0 Å². The molecule has 0 fully saturated rings. The third-order valence-electron chi connectivity index (χ3n) is 2.99. The molecule has 1 nitrogen and oxygen atoms in total. The number of rotatable bonds is 4. The minimum Gasteiger partial charge on any atom is -0.305 e. The molecule has 0 aliphatic heterocycles. The van der Waals surface area contributed by atoms with E-state index in [0.29, 0.717) is 6.54 Å². The molecule has 108 valence electrons. The van der Waals surface area contributed by atoms with Gasteiger partial charge < -0.3 is 5.32 Å². The maximum Gasteiger partial charge on any atom is 0.416 e. The Labute approximate surface area is 128 Å². The predicted molar refractivity (Wildman–Crippen MR) is 78.7 cm³/mol. The van der Waals surface area contributed by atoms with Gasteiger partial charge in [0.2, 0.25) is 0 Å². The van der Waals surface area contributed by atoms with Crippen LogP contribution in [0.5, 0.6) is 0 Å². The van der Waals surface area contributed by atoms with Crippen LogP contribution >= 0.6 is 27.3 Å². The average molecular weight is 364 g/mol.